The Kier molecular flexibility index (Phi) is 5.80. The van der Waals surface area contributed by atoms with Crippen LogP contribution in [0, 0.1) is 0 Å². The van der Waals surface area contributed by atoms with Gasteiger partial charge in [-0.1, -0.05) is 54.7 Å². The van der Waals surface area contributed by atoms with Crippen molar-refractivity contribution in [2.45, 2.75) is 53.3 Å². The predicted octanol–water partition coefficient (Wildman–Crippen LogP) is 5.44. The molecule has 2 heteroatoms. The summed E-state index contributed by atoms with van der Waals surface area (Å²) in [4.78, 5) is 0. The number of nitrogens with zero attached hydrogens (tertiary/aromatic N) is 1. The Hall–Kier alpha value is -1.41. The molecule has 1 aliphatic carbocycles. The van der Waals surface area contributed by atoms with Gasteiger partial charge in [0.1, 0.15) is 13.1 Å². The van der Waals surface area contributed by atoms with Crippen molar-refractivity contribution in [2.75, 3.05) is 13.1 Å². The van der Waals surface area contributed by atoms with Gasteiger partial charge in [0.25, 0.3) is 0 Å². The minimum atomic E-state index is -1.33. The molecule has 0 aromatic heterocycles. The lowest BCUT2D eigenvalue weighted by atomic mass is 9.91. The maximum absolute atomic E-state index is 2.55. The molecule has 124 valence electrons. The topological polar surface area (TPSA) is 3.01 Å². The summed E-state index contributed by atoms with van der Waals surface area (Å²) in [5.41, 5.74) is 5.97. The Morgan fingerprint density at radius 3 is 2.17 bits per heavy atom. The van der Waals surface area contributed by atoms with Crippen molar-refractivity contribution < 1.29 is 4.58 Å². The van der Waals surface area contributed by atoms with E-state index in [9.17, 15) is 0 Å². The van der Waals surface area contributed by atoms with Crippen LogP contribution in [0.1, 0.15) is 39.2 Å². The standard InChI is InChI=1S/C21H32NSi/c1-7-22(8-2)21(18-12-10-9-11-13-18)19-16-17(3)14-15-20(19)23(4,5)6/h9-14H,7-8,15-16H2,1-6H3/q+1. The highest BCUT2D eigenvalue weighted by atomic mass is 28.3. The minimum absolute atomic E-state index is 1.06. The first-order valence-electron chi connectivity index (χ1n) is 8.94. The van der Waals surface area contributed by atoms with Crippen LogP contribution < -0.4 is 0 Å². The van der Waals surface area contributed by atoms with E-state index in [4.69, 9.17) is 0 Å². The van der Waals surface area contributed by atoms with Gasteiger partial charge in [0.2, 0.25) is 5.71 Å². The van der Waals surface area contributed by atoms with Crippen LogP contribution in [0.2, 0.25) is 19.6 Å². The van der Waals surface area contributed by atoms with E-state index in [0.29, 0.717) is 0 Å². The third kappa shape index (κ3) is 4.11. The van der Waals surface area contributed by atoms with E-state index in [-0.39, 0.29) is 0 Å². The smallest absolute Gasteiger partial charge is 0.210 e. The van der Waals surface area contributed by atoms with Gasteiger partial charge in [0, 0.05) is 11.1 Å². The summed E-state index contributed by atoms with van der Waals surface area (Å²) in [6.07, 6.45) is 4.71. The van der Waals surface area contributed by atoms with E-state index in [1.165, 1.54) is 16.8 Å². The SMILES string of the molecule is CC[N+](CC)=C(C1=C([Si](C)(C)C)CC=C(C)C1)c1ccccc1. The molecule has 0 unspecified atom stereocenters. The molecule has 0 aliphatic heterocycles. The predicted molar refractivity (Wildman–Crippen MR) is 105 cm³/mol. The van der Waals surface area contributed by atoms with Crippen LogP contribution in [0.25, 0.3) is 0 Å². The van der Waals surface area contributed by atoms with Crippen molar-refractivity contribution in [3.05, 3.63) is 58.3 Å². The monoisotopic (exact) mass is 326 g/mol. The number of hydrogen-bond acceptors (Lipinski definition) is 0. The molecule has 1 aromatic rings. The fourth-order valence-electron chi connectivity index (χ4n) is 3.53. The lowest BCUT2D eigenvalue weighted by Crippen LogP contribution is -2.32. The first-order valence-corrected chi connectivity index (χ1v) is 12.4. The molecule has 0 fully saturated rings. The summed E-state index contributed by atoms with van der Waals surface area (Å²) in [7, 11) is -1.33. The lowest BCUT2D eigenvalue weighted by Gasteiger charge is -2.28. The van der Waals surface area contributed by atoms with E-state index < -0.39 is 8.07 Å². The highest BCUT2D eigenvalue weighted by Crippen LogP contribution is 2.33. The van der Waals surface area contributed by atoms with Gasteiger partial charge in [-0.05, 0) is 45.7 Å². The molecule has 0 saturated carbocycles. The number of hydrogen-bond donors (Lipinski definition) is 0. The fraction of sp³-hybridized carbons (Fsp3) is 0.476. The largest absolute Gasteiger partial charge is 0.230 e. The van der Waals surface area contributed by atoms with Gasteiger partial charge in [0.15, 0.2) is 0 Å². The molecular weight excluding hydrogens is 294 g/mol. The highest BCUT2D eigenvalue weighted by molar-refractivity contribution is 6.83. The van der Waals surface area contributed by atoms with Gasteiger partial charge in [-0.15, -0.1) is 0 Å². The van der Waals surface area contributed by atoms with Crippen LogP contribution in [0.15, 0.2) is 52.8 Å². The van der Waals surface area contributed by atoms with Gasteiger partial charge >= 0.3 is 0 Å². The van der Waals surface area contributed by atoms with E-state index in [1.807, 2.05) is 0 Å². The molecule has 0 atom stereocenters. The molecule has 0 spiro atoms. The van der Waals surface area contributed by atoms with E-state index in [1.54, 1.807) is 10.8 Å². The molecule has 0 N–H and O–H groups in total. The third-order valence-electron chi connectivity index (χ3n) is 4.79. The average Bonchev–Trinajstić information content (AvgIpc) is 2.52. The van der Waals surface area contributed by atoms with Crippen LogP contribution in [-0.2, 0) is 0 Å². The fourth-order valence-corrected chi connectivity index (χ4v) is 5.35. The zero-order valence-corrected chi connectivity index (χ0v) is 16.7. The molecule has 0 amide bonds. The van der Waals surface area contributed by atoms with Crippen molar-refractivity contribution in [1.29, 1.82) is 0 Å². The third-order valence-corrected chi connectivity index (χ3v) is 7.11. The van der Waals surface area contributed by atoms with E-state index in [2.05, 4.69) is 81.4 Å². The van der Waals surface area contributed by atoms with E-state index in [0.717, 1.165) is 25.9 Å². The average molecular weight is 327 g/mol. The van der Waals surface area contributed by atoms with Gasteiger partial charge in [0.05, 0.1) is 8.07 Å². The Morgan fingerprint density at radius 1 is 1.04 bits per heavy atom. The summed E-state index contributed by atoms with van der Waals surface area (Å²) in [6, 6.07) is 11.0. The van der Waals surface area contributed by atoms with Crippen LogP contribution in [0.5, 0.6) is 0 Å². The second-order valence-corrected chi connectivity index (χ2v) is 12.6. The Labute approximate surface area is 143 Å². The van der Waals surface area contributed by atoms with Gasteiger partial charge in [-0.3, -0.25) is 0 Å². The van der Waals surface area contributed by atoms with Crippen molar-refractivity contribution in [3.63, 3.8) is 0 Å². The quantitative estimate of drug-likeness (QED) is 0.293. The first-order chi connectivity index (χ1) is 10.9. The molecule has 23 heavy (non-hydrogen) atoms. The van der Waals surface area contributed by atoms with Crippen LogP contribution >= 0.6 is 0 Å². The Morgan fingerprint density at radius 2 is 1.65 bits per heavy atom. The molecule has 2 rings (SSSR count). The summed E-state index contributed by atoms with van der Waals surface area (Å²) >= 11 is 0. The molecule has 0 saturated heterocycles. The molecule has 0 radical (unpaired) electrons. The molecule has 0 bridgehead atoms. The van der Waals surface area contributed by atoms with Gasteiger partial charge in [-0.2, -0.15) is 0 Å². The van der Waals surface area contributed by atoms with Crippen LogP contribution in [-0.4, -0.2) is 31.5 Å². The molecule has 1 aliphatic rings. The first kappa shape index (κ1) is 17.9. The van der Waals surface area contributed by atoms with Crippen LogP contribution in [0.3, 0.4) is 0 Å². The molecule has 1 aromatic carbocycles. The Balaban J connectivity index is 2.71. The number of benzene rings is 1. The van der Waals surface area contributed by atoms with Gasteiger partial charge < -0.3 is 0 Å². The van der Waals surface area contributed by atoms with Gasteiger partial charge in [-0.25, -0.2) is 4.58 Å². The van der Waals surface area contributed by atoms with Crippen molar-refractivity contribution in [3.8, 4) is 0 Å². The molecule has 1 nitrogen and oxygen atoms in total. The van der Waals surface area contributed by atoms with Crippen molar-refractivity contribution in [2.24, 2.45) is 0 Å². The van der Waals surface area contributed by atoms with Crippen LogP contribution in [0.4, 0.5) is 0 Å². The van der Waals surface area contributed by atoms with E-state index >= 15 is 0 Å². The summed E-state index contributed by atoms with van der Waals surface area (Å²) in [5.74, 6) is 0. The number of allylic oxidation sites excluding steroid dienone is 4. The zero-order valence-electron chi connectivity index (χ0n) is 15.7. The summed E-state index contributed by atoms with van der Waals surface area (Å²) < 4.78 is 2.55. The summed E-state index contributed by atoms with van der Waals surface area (Å²) in [5, 5.41) is 1.73. The maximum Gasteiger partial charge on any atom is 0.210 e. The van der Waals surface area contributed by atoms with Crippen molar-refractivity contribution >= 4 is 13.8 Å². The normalized spacial score (nSPS) is 15.5. The van der Waals surface area contributed by atoms with Crippen molar-refractivity contribution in [1.82, 2.24) is 0 Å². The second-order valence-electron chi connectivity index (χ2n) is 7.53. The molecule has 0 heterocycles. The number of rotatable bonds is 5. The molecular formula is C21H32NSi+. The maximum atomic E-state index is 2.55. The second kappa shape index (κ2) is 7.44. The lowest BCUT2D eigenvalue weighted by molar-refractivity contribution is -0.519. The Bertz CT molecular complexity index is 636. The summed E-state index contributed by atoms with van der Waals surface area (Å²) in [6.45, 7) is 16.4. The zero-order chi connectivity index (χ0) is 17.0. The minimum Gasteiger partial charge on any atom is -0.230 e. The highest BCUT2D eigenvalue weighted by Gasteiger charge is 2.31.